The van der Waals surface area contributed by atoms with Crippen molar-refractivity contribution in [2.24, 2.45) is 0 Å². The average molecular weight is 277 g/mol. The average Bonchev–Trinajstić information content (AvgIpc) is 2.92. The standard InChI is InChI=1S/C14H15NO3S/c16-12-5-3-11(4-6-12)14(17)15-7-9-19-10-13-2-1-8-18-13/h1-6,8,16H,7,9-10H2,(H,15,17). The summed E-state index contributed by atoms with van der Waals surface area (Å²) in [6.07, 6.45) is 1.66. The van der Waals surface area contributed by atoms with Crippen molar-refractivity contribution in [2.45, 2.75) is 5.75 Å². The van der Waals surface area contributed by atoms with Gasteiger partial charge in [-0.2, -0.15) is 11.8 Å². The Balaban J connectivity index is 1.65. The maximum atomic E-state index is 11.7. The predicted octanol–water partition coefficient (Wildman–Crippen LogP) is 2.65. The topological polar surface area (TPSA) is 62.5 Å². The number of thioether (sulfide) groups is 1. The summed E-state index contributed by atoms with van der Waals surface area (Å²) < 4.78 is 5.21. The third-order valence-corrected chi connectivity index (χ3v) is 3.47. The third-order valence-electron chi connectivity index (χ3n) is 2.49. The summed E-state index contributed by atoms with van der Waals surface area (Å²) in [5.41, 5.74) is 0.550. The monoisotopic (exact) mass is 277 g/mol. The molecule has 0 unspecified atom stereocenters. The van der Waals surface area contributed by atoms with E-state index < -0.39 is 0 Å². The first kappa shape index (κ1) is 13.5. The van der Waals surface area contributed by atoms with Crippen LogP contribution in [0.5, 0.6) is 5.75 Å². The molecule has 0 aliphatic carbocycles. The highest BCUT2D eigenvalue weighted by molar-refractivity contribution is 7.98. The van der Waals surface area contributed by atoms with E-state index in [1.54, 1.807) is 30.2 Å². The Morgan fingerprint density at radius 1 is 1.26 bits per heavy atom. The second kappa shape index (κ2) is 6.89. The highest BCUT2D eigenvalue weighted by atomic mass is 32.2. The number of rotatable bonds is 6. The molecule has 2 rings (SSSR count). The van der Waals surface area contributed by atoms with Crippen LogP contribution in [0.25, 0.3) is 0 Å². The number of furan rings is 1. The number of aromatic hydroxyl groups is 1. The lowest BCUT2D eigenvalue weighted by Crippen LogP contribution is -2.25. The van der Waals surface area contributed by atoms with Crippen LogP contribution < -0.4 is 5.32 Å². The van der Waals surface area contributed by atoms with Crippen molar-refractivity contribution < 1.29 is 14.3 Å². The molecular formula is C14H15NO3S. The summed E-state index contributed by atoms with van der Waals surface area (Å²) >= 11 is 1.70. The van der Waals surface area contributed by atoms with Gasteiger partial charge in [-0.05, 0) is 36.4 Å². The fourth-order valence-electron chi connectivity index (χ4n) is 1.52. The number of nitrogens with one attached hydrogen (secondary N) is 1. The maximum absolute atomic E-state index is 11.7. The van der Waals surface area contributed by atoms with Crippen LogP contribution in [0.4, 0.5) is 0 Å². The van der Waals surface area contributed by atoms with Crippen molar-refractivity contribution in [3.8, 4) is 5.75 Å². The molecule has 0 radical (unpaired) electrons. The van der Waals surface area contributed by atoms with Gasteiger partial charge >= 0.3 is 0 Å². The number of phenolic OH excluding ortho intramolecular Hbond substituents is 1. The zero-order chi connectivity index (χ0) is 13.5. The Labute approximate surface area is 115 Å². The molecule has 1 aromatic heterocycles. The van der Waals surface area contributed by atoms with Crippen LogP contribution in [0, 0.1) is 0 Å². The zero-order valence-electron chi connectivity index (χ0n) is 10.3. The molecule has 100 valence electrons. The van der Waals surface area contributed by atoms with Gasteiger partial charge in [0.05, 0.1) is 12.0 Å². The number of carbonyl (C=O) groups is 1. The fourth-order valence-corrected chi connectivity index (χ4v) is 2.28. The van der Waals surface area contributed by atoms with Crippen molar-refractivity contribution in [3.63, 3.8) is 0 Å². The van der Waals surface area contributed by atoms with E-state index >= 15 is 0 Å². The van der Waals surface area contributed by atoms with Gasteiger partial charge < -0.3 is 14.8 Å². The largest absolute Gasteiger partial charge is 0.508 e. The van der Waals surface area contributed by atoms with Crippen LogP contribution >= 0.6 is 11.8 Å². The van der Waals surface area contributed by atoms with E-state index in [0.717, 1.165) is 17.3 Å². The zero-order valence-corrected chi connectivity index (χ0v) is 11.2. The highest BCUT2D eigenvalue weighted by Crippen LogP contribution is 2.12. The Bertz CT molecular complexity index is 508. The van der Waals surface area contributed by atoms with E-state index in [2.05, 4.69) is 5.32 Å². The van der Waals surface area contributed by atoms with Crippen molar-refractivity contribution in [3.05, 3.63) is 54.0 Å². The van der Waals surface area contributed by atoms with Crippen LogP contribution in [-0.2, 0) is 5.75 Å². The number of carbonyl (C=O) groups excluding carboxylic acids is 1. The van der Waals surface area contributed by atoms with Gasteiger partial charge in [-0.3, -0.25) is 4.79 Å². The van der Waals surface area contributed by atoms with Crippen LogP contribution in [0.15, 0.2) is 47.1 Å². The molecule has 0 atom stereocenters. The highest BCUT2D eigenvalue weighted by Gasteiger charge is 2.04. The van der Waals surface area contributed by atoms with E-state index in [1.165, 1.54) is 12.1 Å². The van der Waals surface area contributed by atoms with E-state index in [0.29, 0.717) is 12.1 Å². The Morgan fingerprint density at radius 3 is 2.74 bits per heavy atom. The summed E-state index contributed by atoms with van der Waals surface area (Å²) in [7, 11) is 0. The van der Waals surface area contributed by atoms with Gasteiger partial charge in [-0.25, -0.2) is 0 Å². The molecule has 2 aromatic rings. The molecule has 0 fully saturated rings. The fraction of sp³-hybridized carbons (Fsp3) is 0.214. The molecule has 0 saturated carbocycles. The molecule has 1 amide bonds. The predicted molar refractivity (Wildman–Crippen MR) is 75.3 cm³/mol. The third kappa shape index (κ3) is 4.37. The number of hydrogen-bond acceptors (Lipinski definition) is 4. The summed E-state index contributed by atoms with van der Waals surface area (Å²) in [6, 6.07) is 9.99. The minimum absolute atomic E-state index is 0.126. The lowest BCUT2D eigenvalue weighted by atomic mass is 10.2. The molecule has 0 bridgehead atoms. The van der Waals surface area contributed by atoms with Crippen molar-refractivity contribution in [1.29, 1.82) is 0 Å². The van der Waals surface area contributed by atoms with Gasteiger partial charge in [0.1, 0.15) is 11.5 Å². The molecule has 4 nitrogen and oxygen atoms in total. The van der Waals surface area contributed by atoms with E-state index in [-0.39, 0.29) is 11.7 Å². The lowest BCUT2D eigenvalue weighted by Gasteiger charge is -2.04. The van der Waals surface area contributed by atoms with Gasteiger partial charge in [-0.15, -0.1) is 0 Å². The second-order valence-electron chi connectivity index (χ2n) is 3.93. The maximum Gasteiger partial charge on any atom is 0.251 e. The van der Waals surface area contributed by atoms with Gasteiger partial charge in [0, 0.05) is 17.9 Å². The molecule has 2 N–H and O–H groups in total. The SMILES string of the molecule is O=C(NCCSCc1ccco1)c1ccc(O)cc1. The van der Waals surface area contributed by atoms with Crippen LogP contribution in [-0.4, -0.2) is 23.3 Å². The quantitative estimate of drug-likeness (QED) is 0.797. The number of hydrogen-bond donors (Lipinski definition) is 2. The van der Waals surface area contributed by atoms with E-state index in [9.17, 15) is 4.79 Å². The minimum Gasteiger partial charge on any atom is -0.508 e. The van der Waals surface area contributed by atoms with E-state index in [1.807, 2.05) is 12.1 Å². The smallest absolute Gasteiger partial charge is 0.251 e. The Kier molecular flexibility index (Phi) is 4.92. The minimum atomic E-state index is -0.126. The summed E-state index contributed by atoms with van der Waals surface area (Å²) in [5, 5.41) is 12.0. The molecular weight excluding hydrogens is 262 g/mol. The van der Waals surface area contributed by atoms with Gasteiger partial charge in [0.25, 0.3) is 5.91 Å². The van der Waals surface area contributed by atoms with Crippen LogP contribution in [0.2, 0.25) is 0 Å². The first-order chi connectivity index (χ1) is 9.25. The first-order valence-corrected chi connectivity index (χ1v) is 7.08. The van der Waals surface area contributed by atoms with Crippen molar-refractivity contribution in [1.82, 2.24) is 5.32 Å². The molecule has 5 heteroatoms. The Morgan fingerprint density at radius 2 is 2.05 bits per heavy atom. The molecule has 0 saturated heterocycles. The molecule has 0 spiro atoms. The van der Waals surface area contributed by atoms with Gasteiger partial charge in [0.2, 0.25) is 0 Å². The summed E-state index contributed by atoms with van der Waals surface area (Å²) in [5.74, 6) is 2.60. The number of amides is 1. The van der Waals surface area contributed by atoms with Gasteiger partial charge in [-0.1, -0.05) is 0 Å². The molecule has 0 aliphatic heterocycles. The van der Waals surface area contributed by atoms with E-state index in [4.69, 9.17) is 9.52 Å². The number of benzene rings is 1. The number of phenols is 1. The van der Waals surface area contributed by atoms with Crippen molar-refractivity contribution in [2.75, 3.05) is 12.3 Å². The Hall–Kier alpha value is -1.88. The van der Waals surface area contributed by atoms with Crippen molar-refractivity contribution >= 4 is 17.7 Å². The molecule has 1 heterocycles. The van der Waals surface area contributed by atoms with Crippen LogP contribution in [0.3, 0.4) is 0 Å². The normalized spacial score (nSPS) is 10.3. The lowest BCUT2D eigenvalue weighted by molar-refractivity contribution is 0.0956. The summed E-state index contributed by atoms with van der Waals surface area (Å²) in [6.45, 7) is 0.602. The molecule has 1 aromatic carbocycles. The second-order valence-corrected chi connectivity index (χ2v) is 5.04. The molecule has 0 aliphatic rings. The van der Waals surface area contributed by atoms with Crippen LogP contribution in [0.1, 0.15) is 16.1 Å². The van der Waals surface area contributed by atoms with Gasteiger partial charge in [0.15, 0.2) is 0 Å². The molecule has 19 heavy (non-hydrogen) atoms. The first-order valence-electron chi connectivity index (χ1n) is 5.93. The summed E-state index contributed by atoms with van der Waals surface area (Å²) in [4.78, 5) is 11.7.